The van der Waals surface area contributed by atoms with Crippen molar-refractivity contribution in [3.8, 4) is 0 Å². The minimum Gasteiger partial charge on any atom is -0.356 e. The maximum atomic E-state index is 11.7. The molecule has 0 fully saturated rings. The lowest BCUT2D eigenvalue weighted by Crippen LogP contribution is -2.40. The molecule has 0 bridgehead atoms. The summed E-state index contributed by atoms with van der Waals surface area (Å²) >= 11 is 0. The lowest BCUT2D eigenvalue weighted by Gasteiger charge is -2.09. The summed E-state index contributed by atoms with van der Waals surface area (Å²) in [5, 5.41) is 6.56. The second-order valence-corrected chi connectivity index (χ2v) is 5.52. The van der Waals surface area contributed by atoms with Gasteiger partial charge in [0.15, 0.2) is 0 Å². The van der Waals surface area contributed by atoms with Gasteiger partial charge in [0.05, 0.1) is 6.04 Å². The SMILES string of the molecule is C[C@H](N)C(=O)NCCC(=O)NCCCn1c[c]c2ccccc21. The Balaban J connectivity index is 1.63. The molecule has 23 heavy (non-hydrogen) atoms. The molecule has 0 aliphatic rings. The highest BCUT2D eigenvalue weighted by Crippen LogP contribution is 2.14. The monoisotopic (exact) mass is 315 g/mol. The van der Waals surface area contributed by atoms with E-state index in [1.54, 1.807) is 6.92 Å². The summed E-state index contributed by atoms with van der Waals surface area (Å²) in [4.78, 5) is 22.9. The third kappa shape index (κ3) is 5.10. The predicted molar refractivity (Wildman–Crippen MR) is 89.7 cm³/mol. The number of benzene rings is 1. The number of hydrogen-bond acceptors (Lipinski definition) is 3. The van der Waals surface area contributed by atoms with Gasteiger partial charge in [-0.1, -0.05) is 18.2 Å². The van der Waals surface area contributed by atoms with Crippen LogP contribution >= 0.6 is 0 Å². The number of fused-ring (bicyclic) bond motifs is 1. The lowest BCUT2D eigenvalue weighted by atomic mass is 10.2. The fourth-order valence-electron chi connectivity index (χ4n) is 2.27. The third-order valence-corrected chi connectivity index (χ3v) is 3.55. The van der Waals surface area contributed by atoms with Gasteiger partial charge in [-0.15, -0.1) is 0 Å². The molecule has 0 saturated heterocycles. The minimum atomic E-state index is -0.550. The van der Waals surface area contributed by atoms with Crippen LogP contribution in [0.4, 0.5) is 0 Å². The third-order valence-electron chi connectivity index (χ3n) is 3.55. The molecular weight excluding hydrogens is 292 g/mol. The maximum Gasteiger partial charge on any atom is 0.236 e. The van der Waals surface area contributed by atoms with Gasteiger partial charge in [-0.3, -0.25) is 9.59 Å². The van der Waals surface area contributed by atoms with E-state index >= 15 is 0 Å². The smallest absolute Gasteiger partial charge is 0.236 e. The average Bonchev–Trinajstić information content (AvgIpc) is 2.94. The summed E-state index contributed by atoms with van der Waals surface area (Å²) in [5.74, 6) is -0.313. The van der Waals surface area contributed by atoms with Crippen molar-refractivity contribution in [3.63, 3.8) is 0 Å². The number of carbonyl (C=O) groups is 2. The number of aromatic nitrogens is 1. The summed E-state index contributed by atoms with van der Waals surface area (Å²) < 4.78 is 2.13. The Labute approximate surface area is 136 Å². The van der Waals surface area contributed by atoms with Crippen molar-refractivity contribution in [2.75, 3.05) is 13.1 Å². The second-order valence-electron chi connectivity index (χ2n) is 5.52. The van der Waals surface area contributed by atoms with Gasteiger partial charge in [0.1, 0.15) is 0 Å². The molecule has 1 heterocycles. The summed E-state index contributed by atoms with van der Waals surface area (Å²) in [5.41, 5.74) is 6.57. The van der Waals surface area contributed by atoms with Gasteiger partial charge < -0.3 is 20.9 Å². The largest absolute Gasteiger partial charge is 0.356 e. The molecule has 0 saturated carbocycles. The first-order chi connectivity index (χ1) is 11.1. The van der Waals surface area contributed by atoms with Crippen molar-refractivity contribution < 1.29 is 9.59 Å². The molecule has 1 aromatic heterocycles. The van der Waals surface area contributed by atoms with Crippen molar-refractivity contribution in [3.05, 3.63) is 36.5 Å². The predicted octanol–water partition coefficient (Wildman–Crippen LogP) is 0.801. The molecule has 1 radical (unpaired) electrons. The zero-order chi connectivity index (χ0) is 16.7. The molecule has 4 N–H and O–H groups in total. The van der Waals surface area contributed by atoms with Crippen LogP contribution in [0.15, 0.2) is 30.5 Å². The van der Waals surface area contributed by atoms with Crippen LogP contribution in [0.25, 0.3) is 10.9 Å². The van der Waals surface area contributed by atoms with E-state index in [4.69, 9.17) is 5.73 Å². The first-order valence-corrected chi connectivity index (χ1v) is 7.83. The van der Waals surface area contributed by atoms with E-state index in [9.17, 15) is 9.59 Å². The number of nitrogens with one attached hydrogen (secondary N) is 2. The molecule has 0 unspecified atom stereocenters. The summed E-state index contributed by atoms with van der Waals surface area (Å²) in [7, 11) is 0. The van der Waals surface area contributed by atoms with Crippen LogP contribution in [0, 0.1) is 6.07 Å². The van der Waals surface area contributed by atoms with Crippen LogP contribution in [0.5, 0.6) is 0 Å². The lowest BCUT2D eigenvalue weighted by molar-refractivity contribution is -0.122. The van der Waals surface area contributed by atoms with Crippen LogP contribution < -0.4 is 16.4 Å². The van der Waals surface area contributed by atoms with Crippen LogP contribution in [-0.4, -0.2) is 35.5 Å². The minimum absolute atomic E-state index is 0.0705. The Morgan fingerprint density at radius 2 is 2.04 bits per heavy atom. The molecular formula is C17H23N4O2. The molecule has 6 heteroatoms. The molecule has 2 rings (SSSR count). The van der Waals surface area contributed by atoms with Gasteiger partial charge in [-0.25, -0.2) is 0 Å². The Morgan fingerprint density at radius 3 is 2.83 bits per heavy atom. The topological polar surface area (TPSA) is 89.2 Å². The Bertz CT molecular complexity index is 663. The summed E-state index contributed by atoms with van der Waals surface area (Å²) in [6.07, 6.45) is 3.04. The molecule has 0 aliphatic carbocycles. The van der Waals surface area contributed by atoms with E-state index in [1.807, 2.05) is 24.4 Å². The molecule has 123 valence electrons. The zero-order valence-electron chi connectivity index (χ0n) is 13.3. The van der Waals surface area contributed by atoms with Crippen molar-refractivity contribution in [1.82, 2.24) is 15.2 Å². The number of hydrogen-bond donors (Lipinski definition) is 3. The summed E-state index contributed by atoms with van der Waals surface area (Å²) in [6, 6.07) is 10.8. The van der Waals surface area contributed by atoms with Crippen molar-refractivity contribution in [2.45, 2.75) is 32.4 Å². The average molecular weight is 315 g/mol. The normalized spacial score (nSPS) is 12.1. The van der Waals surface area contributed by atoms with E-state index < -0.39 is 6.04 Å². The van der Waals surface area contributed by atoms with Crippen LogP contribution in [0.2, 0.25) is 0 Å². The van der Waals surface area contributed by atoms with E-state index in [0.717, 1.165) is 23.9 Å². The van der Waals surface area contributed by atoms with Crippen LogP contribution in [-0.2, 0) is 16.1 Å². The molecule has 0 aliphatic heterocycles. The fraction of sp³-hybridized carbons (Fsp3) is 0.412. The Hall–Kier alpha value is -2.34. The molecule has 1 atom stereocenters. The number of carbonyl (C=O) groups excluding carboxylic acids is 2. The number of rotatable bonds is 8. The van der Waals surface area contributed by atoms with Crippen LogP contribution in [0.1, 0.15) is 19.8 Å². The van der Waals surface area contributed by atoms with Gasteiger partial charge in [0, 0.05) is 49.2 Å². The molecule has 6 nitrogen and oxygen atoms in total. The number of amides is 2. The number of para-hydroxylation sites is 1. The zero-order valence-corrected chi connectivity index (χ0v) is 13.3. The first-order valence-electron chi connectivity index (χ1n) is 7.83. The highest BCUT2D eigenvalue weighted by Gasteiger charge is 2.07. The highest BCUT2D eigenvalue weighted by molar-refractivity contribution is 5.82. The van der Waals surface area contributed by atoms with E-state index in [1.165, 1.54) is 0 Å². The van der Waals surface area contributed by atoms with Crippen molar-refractivity contribution in [2.24, 2.45) is 5.73 Å². The number of aryl methyl sites for hydroxylation is 1. The first kappa shape index (κ1) is 17.0. The van der Waals surface area contributed by atoms with Gasteiger partial charge in [-0.2, -0.15) is 0 Å². The highest BCUT2D eigenvalue weighted by atomic mass is 16.2. The van der Waals surface area contributed by atoms with Crippen molar-refractivity contribution in [1.29, 1.82) is 0 Å². The van der Waals surface area contributed by atoms with Crippen molar-refractivity contribution >= 4 is 22.7 Å². The van der Waals surface area contributed by atoms with Gasteiger partial charge in [0.25, 0.3) is 0 Å². The second kappa shape index (κ2) is 8.33. The number of nitrogens with zero attached hydrogens (tertiary/aromatic N) is 1. The molecule has 0 spiro atoms. The van der Waals surface area contributed by atoms with E-state index in [2.05, 4.69) is 27.3 Å². The van der Waals surface area contributed by atoms with Gasteiger partial charge >= 0.3 is 0 Å². The molecule has 2 amide bonds. The molecule has 1 aromatic carbocycles. The van der Waals surface area contributed by atoms with Gasteiger partial charge in [-0.05, 0) is 19.4 Å². The Morgan fingerprint density at radius 1 is 1.26 bits per heavy atom. The quantitative estimate of drug-likeness (QED) is 0.630. The summed E-state index contributed by atoms with van der Waals surface area (Å²) in [6.45, 7) is 3.35. The van der Waals surface area contributed by atoms with E-state index in [0.29, 0.717) is 13.1 Å². The molecule has 2 aromatic rings. The maximum absolute atomic E-state index is 11.7. The standard InChI is InChI=1S/C17H23N4O2/c1-13(18)17(23)20-10-7-16(22)19-9-4-11-21-12-8-14-5-2-3-6-15(14)21/h2-3,5-6,12-13H,4,7,9-11,18H2,1H3,(H,19,22)(H,20,23)/t13-/m0/s1. The Kier molecular flexibility index (Phi) is 6.17. The van der Waals surface area contributed by atoms with Crippen LogP contribution in [0.3, 0.4) is 0 Å². The fourth-order valence-corrected chi connectivity index (χ4v) is 2.27. The van der Waals surface area contributed by atoms with Gasteiger partial charge in [0.2, 0.25) is 11.8 Å². The number of nitrogens with two attached hydrogens (primary N) is 1. The van der Waals surface area contributed by atoms with E-state index in [-0.39, 0.29) is 18.2 Å².